The van der Waals surface area contributed by atoms with Crippen LogP contribution in [0.1, 0.15) is 5.56 Å². The number of morpholine rings is 1. The number of hydrogen-bond donors (Lipinski definition) is 1. The summed E-state index contributed by atoms with van der Waals surface area (Å²) < 4.78 is 5.36. The first-order valence-corrected chi connectivity index (χ1v) is 8.57. The zero-order valence-electron chi connectivity index (χ0n) is 14.0. The highest BCUT2D eigenvalue weighted by Gasteiger charge is 2.20. The fraction of sp³-hybridized carbons (Fsp3) is 0.278. The maximum atomic E-state index is 12.5. The highest BCUT2D eigenvalue weighted by atomic mass is 35.5. The summed E-state index contributed by atoms with van der Waals surface area (Å²) in [7, 11) is 0. The maximum absolute atomic E-state index is 12.5. The lowest BCUT2D eigenvalue weighted by molar-refractivity contribution is -0.385. The third-order valence-corrected chi connectivity index (χ3v) is 4.43. The van der Waals surface area contributed by atoms with E-state index in [2.05, 4.69) is 10.2 Å². The molecule has 0 spiro atoms. The molecule has 1 aliphatic heterocycles. The first kappa shape index (κ1) is 18.2. The Hall–Kier alpha value is -2.64. The molecule has 1 aliphatic rings. The molecule has 0 aromatic heterocycles. The van der Waals surface area contributed by atoms with Crippen molar-refractivity contribution in [1.82, 2.24) is 0 Å². The van der Waals surface area contributed by atoms with Crippen molar-refractivity contribution in [3.63, 3.8) is 0 Å². The molecule has 0 aliphatic carbocycles. The van der Waals surface area contributed by atoms with Gasteiger partial charge in [-0.25, -0.2) is 0 Å². The molecule has 8 heteroatoms. The number of rotatable bonds is 5. The first-order valence-electron chi connectivity index (χ1n) is 8.19. The maximum Gasteiger partial charge on any atom is 0.273 e. The van der Waals surface area contributed by atoms with Crippen molar-refractivity contribution >= 4 is 34.6 Å². The third kappa shape index (κ3) is 4.12. The predicted octanol–water partition coefficient (Wildman–Crippen LogP) is 3.27. The van der Waals surface area contributed by atoms with Crippen LogP contribution in [-0.4, -0.2) is 37.1 Å². The number of nitrogens with zero attached hydrogens (tertiary/aromatic N) is 2. The average Bonchev–Trinajstić information content (AvgIpc) is 2.63. The van der Waals surface area contributed by atoms with Gasteiger partial charge in [-0.3, -0.25) is 14.9 Å². The van der Waals surface area contributed by atoms with Crippen LogP contribution < -0.4 is 10.2 Å². The van der Waals surface area contributed by atoms with Crippen LogP contribution in [0.15, 0.2) is 42.5 Å². The van der Waals surface area contributed by atoms with E-state index in [0.717, 1.165) is 5.69 Å². The van der Waals surface area contributed by atoms with E-state index in [1.807, 2.05) is 0 Å². The van der Waals surface area contributed by atoms with Crippen molar-refractivity contribution in [2.75, 3.05) is 36.5 Å². The highest BCUT2D eigenvalue weighted by molar-refractivity contribution is 6.34. The quantitative estimate of drug-likeness (QED) is 0.640. The van der Waals surface area contributed by atoms with Gasteiger partial charge in [-0.15, -0.1) is 0 Å². The van der Waals surface area contributed by atoms with Gasteiger partial charge in [-0.1, -0.05) is 35.9 Å². The Morgan fingerprint density at radius 2 is 1.92 bits per heavy atom. The third-order valence-electron chi connectivity index (χ3n) is 4.13. The van der Waals surface area contributed by atoms with Crippen LogP contribution in [0, 0.1) is 10.1 Å². The molecule has 0 atom stereocenters. The van der Waals surface area contributed by atoms with Gasteiger partial charge < -0.3 is 15.0 Å². The first-order chi connectivity index (χ1) is 12.6. The topological polar surface area (TPSA) is 84.7 Å². The molecule has 0 unspecified atom stereocenters. The lowest BCUT2D eigenvalue weighted by atomic mass is 10.1. The van der Waals surface area contributed by atoms with E-state index in [1.54, 1.807) is 36.4 Å². The van der Waals surface area contributed by atoms with Crippen molar-refractivity contribution in [2.45, 2.75) is 6.42 Å². The van der Waals surface area contributed by atoms with Gasteiger partial charge >= 0.3 is 0 Å². The largest absolute Gasteiger partial charge is 0.378 e. The zero-order valence-corrected chi connectivity index (χ0v) is 14.7. The second kappa shape index (κ2) is 8.16. The smallest absolute Gasteiger partial charge is 0.273 e. The number of amides is 1. The van der Waals surface area contributed by atoms with Gasteiger partial charge in [0.25, 0.3) is 5.69 Å². The van der Waals surface area contributed by atoms with Gasteiger partial charge in [-0.2, -0.15) is 0 Å². The number of nitro benzene ring substituents is 1. The van der Waals surface area contributed by atoms with Gasteiger partial charge in [0.2, 0.25) is 5.91 Å². The second-order valence-electron chi connectivity index (χ2n) is 5.85. The van der Waals surface area contributed by atoms with Crippen molar-refractivity contribution in [1.29, 1.82) is 0 Å². The molecule has 2 aromatic rings. The lowest BCUT2D eigenvalue weighted by Gasteiger charge is -2.31. The molecule has 0 saturated carbocycles. The van der Waals surface area contributed by atoms with E-state index in [-0.39, 0.29) is 18.0 Å². The normalized spacial score (nSPS) is 14.1. The molecular weight excluding hydrogens is 358 g/mol. The summed E-state index contributed by atoms with van der Waals surface area (Å²) in [5.41, 5.74) is 1.63. The van der Waals surface area contributed by atoms with E-state index in [9.17, 15) is 14.9 Å². The summed E-state index contributed by atoms with van der Waals surface area (Å²) >= 11 is 6.35. The zero-order chi connectivity index (χ0) is 18.5. The molecule has 1 saturated heterocycles. The van der Waals surface area contributed by atoms with Crippen LogP contribution in [0.25, 0.3) is 0 Å². The number of nitro groups is 1. The van der Waals surface area contributed by atoms with Crippen molar-refractivity contribution in [2.24, 2.45) is 0 Å². The molecule has 3 rings (SSSR count). The number of ether oxygens (including phenoxy) is 1. The van der Waals surface area contributed by atoms with Gasteiger partial charge in [0.1, 0.15) is 0 Å². The molecule has 0 radical (unpaired) electrons. The Labute approximate surface area is 155 Å². The molecule has 1 heterocycles. The van der Waals surface area contributed by atoms with Gasteiger partial charge in [0, 0.05) is 24.7 Å². The monoisotopic (exact) mass is 375 g/mol. The number of benzene rings is 2. The highest BCUT2D eigenvalue weighted by Crippen LogP contribution is 2.34. The minimum Gasteiger partial charge on any atom is -0.378 e. The van der Waals surface area contributed by atoms with E-state index < -0.39 is 4.92 Å². The molecular formula is C18H18ClN3O4. The van der Waals surface area contributed by atoms with Gasteiger partial charge in [-0.05, 0) is 12.1 Å². The molecule has 1 amide bonds. The number of halogens is 1. The summed E-state index contributed by atoms with van der Waals surface area (Å²) in [6.45, 7) is 2.54. The van der Waals surface area contributed by atoms with Crippen molar-refractivity contribution in [3.8, 4) is 0 Å². The lowest BCUT2D eigenvalue weighted by Crippen LogP contribution is -2.37. The van der Waals surface area contributed by atoms with Crippen molar-refractivity contribution < 1.29 is 14.5 Å². The summed E-state index contributed by atoms with van der Waals surface area (Å²) in [5, 5.41) is 14.5. The minimum absolute atomic E-state index is 0.0675. The molecule has 26 heavy (non-hydrogen) atoms. The van der Waals surface area contributed by atoms with Gasteiger partial charge in [0.05, 0.1) is 41.0 Å². The Balaban J connectivity index is 1.80. The van der Waals surface area contributed by atoms with Crippen molar-refractivity contribution in [3.05, 3.63) is 63.2 Å². The molecule has 1 N–H and O–H groups in total. The molecule has 7 nitrogen and oxygen atoms in total. The summed E-state index contributed by atoms with van der Waals surface area (Å²) in [4.78, 5) is 25.2. The molecule has 1 fully saturated rings. The average molecular weight is 376 g/mol. The van der Waals surface area contributed by atoms with E-state index in [1.165, 1.54) is 6.07 Å². The van der Waals surface area contributed by atoms with Crippen LogP contribution in [0.2, 0.25) is 5.02 Å². The number of carbonyl (C=O) groups is 1. The minimum atomic E-state index is -0.485. The standard InChI is InChI=1S/C18H18ClN3O4/c19-14-5-3-6-15(18(14)21-8-10-26-11-9-21)20-17(23)12-13-4-1-2-7-16(13)22(24)25/h1-7H,8-12H2,(H,20,23). The fourth-order valence-corrected chi connectivity index (χ4v) is 3.22. The SMILES string of the molecule is O=C(Cc1ccccc1[N+](=O)[O-])Nc1cccc(Cl)c1N1CCOCC1. The van der Waals surface area contributed by atoms with E-state index in [4.69, 9.17) is 16.3 Å². The van der Waals surface area contributed by atoms with Crippen LogP contribution in [0.3, 0.4) is 0 Å². The predicted molar refractivity (Wildman–Crippen MR) is 99.9 cm³/mol. The van der Waals surface area contributed by atoms with E-state index in [0.29, 0.717) is 42.6 Å². The summed E-state index contributed by atoms with van der Waals surface area (Å²) in [5.74, 6) is -0.337. The molecule has 2 aromatic carbocycles. The Morgan fingerprint density at radius 1 is 1.19 bits per heavy atom. The fourth-order valence-electron chi connectivity index (χ4n) is 2.93. The Kier molecular flexibility index (Phi) is 5.70. The number of carbonyl (C=O) groups excluding carboxylic acids is 1. The Bertz CT molecular complexity index is 822. The molecule has 136 valence electrons. The number of anilines is 2. The summed E-state index contributed by atoms with van der Waals surface area (Å²) in [6.07, 6.45) is -0.0911. The van der Waals surface area contributed by atoms with Gasteiger partial charge in [0.15, 0.2) is 0 Å². The Morgan fingerprint density at radius 3 is 2.65 bits per heavy atom. The van der Waals surface area contributed by atoms with Crippen LogP contribution in [-0.2, 0) is 16.0 Å². The second-order valence-corrected chi connectivity index (χ2v) is 6.25. The van der Waals surface area contributed by atoms with Crippen LogP contribution in [0.4, 0.5) is 17.1 Å². The van der Waals surface area contributed by atoms with Crippen LogP contribution in [0.5, 0.6) is 0 Å². The van der Waals surface area contributed by atoms with E-state index >= 15 is 0 Å². The molecule has 0 bridgehead atoms. The van der Waals surface area contributed by atoms with Crippen LogP contribution >= 0.6 is 11.6 Å². The number of hydrogen-bond acceptors (Lipinski definition) is 5. The summed E-state index contributed by atoms with van der Waals surface area (Å²) in [6, 6.07) is 11.5. The number of para-hydroxylation sites is 2. The number of nitrogens with one attached hydrogen (secondary N) is 1.